The van der Waals surface area contributed by atoms with E-state index in [1.165, 1.54) is 7.11 Å². The number of carbonyl (C=O) groups is 1. The van der Waals surface area contributed by atoms with Crippen LogP contribution in [-0.4, -0.2) is 40.0 Å². The fourth-order valence-corrected chi connectivity index (χ4v) is 3.04. The Bertz CT molecular complexity index is 971. The van der Waals surface area contributed by atoms with Gasteiger partial charge in [-0.25, -0.2) is 4.79 Å². The number of methoxy groups -OCH3 is 2. The van der Waals surface area contributed by atoms with Gasteiger partial charge in [-0.05, 0) is 48.2 Å². The highest BCUT2D eigenvalue weighted by molar-refractivity contribution is 8.15. The van der Waals surface area contributed by atoms with Crippen molar-refractivity contribution in [1.82, 2.24) is 14.8 Å². The fraction of sp³-hybridized carbons (Fsp3) is 0.158. The first-order chi connectivity index (χ1) is 13.6. The number of benzene rings is 2. The molecule has 0 aliphatic heterocycles. The SMILES string of the molecule is COC(=O)/C(=N\Nc1ccccc1)Sc1nnc(-c2ccc(OC)cc2)n1C. The summed E-state index contributed by atoms with van der Waals surface area (Å²) in [6.45, 7) is 0. The minimum Gasteiger partial charge on any atom is -0.497 e. The molecule has 0 unspecified atom stereocenters. The van der Waals surface area contributed by atoms with Gasteiger partial charge in [0.15, 0.2) is 11.0 Å². The van der Waals surface area contributed by atoms with E-state index in [0.29, 0.717) is 11.0 Å². The minimum atomic E-state index is -0.567. The molecule has 1 N–H and O–H groups in total. The summed E-state index contributed by atoms with van der Waals surface area (Å²) in [6, 6.07) is 16.8. The highest BCUT2D eigenvalue weighted by Crippen LogP contribution is 2.25. The number of esters is 1. The van der Waals surface area contributed by atoms with E-state index in [0.717, 1.165) is 28.8 Å². The third kappa shape index (κ3) is 4.49. The Balaban J connectivity index is 1.83. The van der Waals surface area contributed by atoms with Crippen LogP contribution in [0.5, 0.6) is 5.75 Å². The maximum atomic E-state index is 12.1. The molecular formula is C19H19N5O3S. The van der Waals surface area contributed by atoms with E-state index in [1.54, 1.807) is 11.7 Å². The first-order valence-electron chi connectivity index (χ1n) is 8.31. The number of para-hydroxylation sites is 1. The number of nitrogens with zero attached hydrogens (tertiary/aromatic N) is 4. The number of aromatic nitrogens is 3. The van der Waals surface area contributed by atoms with E-state index in [2.05, 4.69) is 20.7 Å². The normalized spacial score (nSPS) is 11.2. The summed E-state index contributed by atoms with van der Waals surface area (Å²) in [4.78, 5) is 12.1. The van der Waals surface area contributed by atoms with Crippen molar-refractivity contribution in [2.75, 3.05) is 19.6 Å². The van der Waals surface area contributed by atoms with Crippen molar-refractivity contribution in [2.24, 2.45) is 12.1 Å². The summed E-state index contributed by atoms with van der Waals surface area (Å²) in [6.07, 6.45) is 0. The third-order valence-electron chi connectivity index (χ3n) is 3.79. The summed E-state index contributed by atoms with van der Waals surface area (Å²) in [5, 5.41) is 13.2. The molecule has 0 atom stereocenters. The molecule has 0 amide bonds. The van der Waals surface area contributed by atoms with Crippen LogP contribution in [0.4, 0.5) is 5.69 Å². The van der Waals surface area contributed by atoms with Gasteiger partial charge in [-0.1, -0.05) is 18.2 Å². The highest BCUT2D eigenvalue weighted by Gasteiger charge is 2.19. The van der Waals surface area contributed by atoms with E-state index < -0.39 is 5.97 Å². The second kappa shape index (κ2) is 9.05. The Morgan fingerprint density at radius 3 is 2.43 bits per heavy atom. The Morgan fingerprint density at radius 2 is 1.79 bits per heavy atom. The fourth-order valence-electron chi connectivity index (χ4n) is 2.31. The number of ether oxygens (including phenoxy) is 2. The molecule has 8 nitrogen and oxygen atoms in total. The molecule has 0 spiro atoms. The molecule has 144 valence electrons. The second-order valence-electron chi connectivity index (χ2n) is 5.58. The van der Waals surface area contributed by atoms with Crippen LogP contribution in [-0.2, 0) is 16.6 Å². The van der Waals surface area contributed by atoms with Crippen LogP contribution in [0, 0.1) is 0 Å². The lowest BCUT2D eigenvalue weighted by atomic mass is 10.2. The molecule has 1 aromatic heterocycles. The van der Waals surface area contributed by atoms with Crippen molar-refractivity contribution in [1.29, 1.82) is 0 Å². The van der Waals surface area contributed by atoms with Gasteiger partial charge >= 0.3 is 5.97 Å². The second-order valence-corrected chi connectivity index (χ2v) is 6.54. The van der Waals surface area contributed by atoms with Crippen LogP contribution in [0.2, 0.25) is 0 Å². The zero-order valence-electron chi connectivity index (χ0n) is 15.6. The Kier molecular flexibility index (Phi) is 6.28. The largest absolute Gasteiger partial charge is 0.497 e. The first kappa shape index (κ1) is 19.4. The van der Waals surface area contributed by atoms with Crippen molar-refractivity contribution in [2.45, 2.75) is 5.16 Å². The molecule has 9 heteroatoms. The van der Waals surface area contributed by atoms with Crippen molar-refractivity contribution in [3.8, 4) is 17.1 Å². The van der Waals surface area contributed by atoms with Gasteiger partial charge in [-0.3, -0.25) is 5.43 Å². The summed E-state index contributed by atoms with van der Waals surface area (Å²) < 4.78 is 11.8. The van der Waals surface area contributed by atoms with Gasteiger partial charge in [-0.15, -0.1) is 10.2 Å². The average molecular weight is 397 g/mol. The number of carbonyl (C=O) groups excluding carboxylic acids is 1. The van der Waals surface area contributed by atoms with Crippen LogP contribution >= 0.6 is 11.8 Å². The van der Waals surface area contributed by atoms with E-state index in [-0.39, 0.29) is 5.04 Å². The minimum absolute atomic E-state index is 0.114. The van der Waals surface area contributed by atoms with Gasteiger partial charge in [0.05, 0.1) is 19.9 Å². The van der Waals surface area contributed by atoms with Crippen LogP contribution in [0.1, 0.15) is 0 Å². The van der Waals surface area contributed by atoms with Gasteiger partial charge in [-0.2, -0.15) is 5.10 Å². The van der Waals surface area contributed by atoms with Crippen molar-refractivity contribution >= 4 is 28.5 Å². The molecular weight excluding hydrogens is 378 g/mol. The van der Waals surface area contributed by atoms with E-state index in [9.17, 15) is 4.79 Å². The average Bonchev–Trinajstić information content (AvgIpc) is 3.11. The lowest BCUT2D eigenvalue weighted by molar-refractivity contribution is -0.132. The first-order valence-corrected chi connectivity index (χ1v) is 9.12. The van der Waals surface area contributed by atoms with E-state index >= 15 is 0 Å². The Morgan fingerprint density at radius 1 is 1.07 bits per heavy atom. The monoisotopic (exact) mass is 397 g/mol. The molecule has 2 aromatic carbocycles. The van der Waals surface area contributed by atoms with E-state index in [1.807, 2.05) is 61.6 Å². The van der Waals surface area contributed by atoms with Crippen molar-refractivity contribution < 1.29 is 14.3 Å². The lowest BCUT2D eigenvalue weighted by Crippen LogP contribution is -2.15. The van der Waals surface area contributed by atoms with Crippen LogP contribution in [0.25, 0.3) is 11.4 Å². The summed E-state index contributed by atoms with van der Waals surface area (Å²) in [7, 11) is 4.74. The lowest BCUT2D eigenvalue weighted by Gasteiger charge is -2.07. The molecule has 0 aliphatic rings. The predicted molar refractivity (Wildman–Crippen MR) is 108 cm³/mol. The number of hydrogen-bond donors (Lipinski definition) is 1. The number of nitrogens with one attached hydrogen (secondary N) is 1. The molecule has 1 heterocycles. The molecule has 0 aliphatic carbocycles. The summed E-state index contributed by atoms with van der Waals surface area (Å²) in [5.41, 5.74) is 4.47. The third-order valence-corrected chi connectivity index (χ3v) is 4.78. The molecule has 0 fully saturated rings. The number of hydrogen-bond acceptors (Lipinski definition) is 8. The number of hydrazone groups is 1. The van der Waals surface area contributed by atoms with Crippen molar-refractivity contribution in [3.63, 3.8) is 0 Å². The van der Waals surface area contributed by atoms with Crippen LogP contribution in [0.15, 0.2) is 64.9 Å². The standard InChI is InChI=1S/C19H19N5O3S/c1-24-16(13-9-11-15(26-2)12-10-13)21-23-19(24)28-17(18(25)27-3)22-20-14-7-5-4-6-8-14/h4-12,20H,1-3H3/b22-17+. The summed E-state index contributed by atoms with van der Waals surface area (Å²) in [5.74, 6) is 0.848. The van der Waals surface area contributed by atoms with Crippen LogP contribution < -0.4 is 10.2 Å². The zero-order valence-corrected chi connectivity index (χ0v) is 16.4. The molecule has 28 heavy (non-hydrogen) atoms. The molecule has 0 saturated carbocycles. The molecule has 0 saturated heterocycles. The van der Waals surface area contributed by atoms with Gasteiger partial charge in [0.2, 0.25) is 5.04 Å². The van der Waals surface area contributed by atoms with Gasteiger partial charge in [0.25, 0.3) is 0 Å². The quantitative estimate of drug-likeness (QED) is 0.232. The predicted octanol–water partition coefficient (Wildman–Crippen LogP) is 3.18. The Hall–Kier alpha value is -3.33. The number of anilines is 1. The van der Waals surface area contributed by atoms with E-state index in [4.69, 9.17) is 9.47 Å². The zero-order chi connectivity index (χ0) is 19.9. The van der Waals surface area contributed by atoms with Gasteiger partial charge in [0, 0.05) is 12.6 Å². The molecule has 3 aromatic rings. The molecule has 3 rings (SSSR count). The topological polar surface area (TPSA) is 90.6 Å². The highest BCUT2D eigenvalue weighted by atomic mass is 32.2. The molecule has 0 bridgehead atoms. The van der Waals surface area contributed by atoms with Crippen LogP contribution in [0.3, 0.4) is 0 Å². The maximum Gasteiger partial charge on any atom is 0.365 e. The maximum absolute atomic E-state index is 12.1. The van der Waals surface area contributed by atoms with Gasteiger partial charge in [0.1, 0.15) is 5.75 Å². The number of thioether (sulfide) groups is 1. The Labute approximate surface area is 166 Å². The summed E-state index contributed by atoms with van der Waals surface area (Å²) >= 11 is 1.07. The smallest absolute Gasteiger partial charge is 0.365 e. The van der Waals surface area contributed by atoms with Gasteiger partial charge < -0.3 is 14.0 Å². The molecule has 0 radical (unpaired) electrons. The van der Waals surface area contributed by atoms with Crippen molar-refractivity contribution in [3.05, 3.63) is 54.6 Å². The number of rotatable bonds is 5.